The molecular weight excluding hydrogens is 301 g/mol. The number of hydrogen-bond acceptors (Lipinski definition) is 2. The van der Waals surface area contributed by atoms with Crippen LogP contribution < -0.4 is 0 Å². The molecule has 0 aromatic carbocycles. The minimum absolute atomic E-state index is 0.138. The van der Waals surface area contributed by atoms with Gasteiger partial charge < -0.3 is 0 Å². The zero-order valence-electron chi connectivity index (χ0n) is 9.89. The van der Waals surface area contributed by atoms with E-state index in [0.29, 0.717) is 0 Å². The van der Waals surface area contributed by atoms with E-state index < -0.39 is 0 Å². The fourth-order valence-corrected chi connectivity index (χ4v) is 4.62. The van der Waals surface area contributed by atoms with E-state index in [0.717, 1.165) is 24.0 Å². The van der Waals surface area contributed by atoms with Crippen LogP contribution in [-0.2, 0) is 26.7 Å². The van der Waals surface area contributed by atoms with Gasteiger partial charge in [-0.15, -0.1) is 0 Å². The Bertz CT molecular complexity index is 458. The molecule has 0 atom stereocenters. The molecule has 90 valence electrons. The van der Waals surface area contributed by atoms with E-state index in [9.17, 15) is 9.59 Å². The molecule has 2 aliphatic rings. The maximum atomic E-state index is 11.5. The molecule has 0 radical (unpaired) electrons. The molecule has 0 aliphatic heterocycles. The Morgan fingerprint density at radius 2 is 1.35 bits per heavy atom. The Morgan fingerprint density at radius 3 is 1.71 bits per heavy atom. The Hall–Kier alpha value is -1.08. The van der Waals surface area contributed by atoms with Gasteiger partial charge in [0.05, 0.1) is 0 Å². The van der Waals surface area contributed by atoms with Gasteiger partial charge in [-0.1, -0.05) is 0 Å². The van der Waals surface area contributed by atoms with Crippen LogP contribution in [0.15, 0.2) is 43.8 Å². The first kappa shape index (κ1) is 12.4. The van der Waals surface area contributed by atoms with Crippen LogP contribution in [0.2, 0.25) is 0 Å². The molecule has 0 aromatic heterocycles. The van der Waals surface area contributed by atoms with E-state index in [-0.39, 0.29) is 28.7 Å². The van der Waals surface area contributed by atoms with E-state index in [1.807, 2.05) is 24.3 Å². The first-order chi connectivity index (χ1) is 8.09. The first-order valence-electron chi connectivity index (χ1n) is 5.53. The molecule has 0 fully saturated rings. The number of Topliss-reactive ketones (excluding diaryl/α,β-unsaturated/α-hetero) is 2. The zero-order valence-corrected chi connectivity index (χ0v) is 11.6. The van der Waals surface area contributed by atoms with E-state index in [4.69, 9.17) is 0 Å². The van der Waals surface area contributed by atoms with Gasteiger partial charge in [-0.2, -0.15) is 0 Å². The van der Waals surface area contributed by atoms with Gasteiger partial charge in [-0.3, -0.25) is 0 Å². The van der Waals surface area contributed by atoms with Crippen molar-refractivity contribution < 1.29 is 26.7 Å². The number of carbonyl (C=O) groups excluding carboxylic acids is 2. The minimum atomic E-state index is -0.139. The van der Waals surface area contributed by atoms with Crippen LogP contribution >= 0.6 is 0 Å². The molecule has 0 saturated heterocycles. The fourth-order valence-electron chi connectivity index (χ4n) is 1.86. The van der Waals surface area contributed by atoms with Gasteiger partial charge in [-0.25, -0.2) is 0 Å². The van der Waals surface area contributed by atoms with Crippen LogP contribution in [0.25, 0.3) is 0 Å². The summed E-state index contributed by atoms with van der Waals surface area (Å²) in [4.78, 5) is 22.9. The molecule has 0 heterocycles. The second-order valence-electron chi connectivity index (χ2n) is 4.02. The van der Waals surface area contributed by atoms with Crippen molar-refractivity contribution in [3.8, 4) is 0 Å². The monoisotopic (exact) mass is 316 g/mol. The Morgan fingerprint density at radius 1 is 0.941 bits per heavy atom. The fraction of sp³-hybridized carbons (Fsp3) is 0.286. The van der Waals surface area contributed by atoms with Crippen molar-refractivity contribution in [1.82, 2.24) is 0 Å². The molecule has 0 saturated carbocycles. The van der Waals surface area contributed by atoms with Crippen molar-refractivity contribution in [3.63, 3.8) is 0 Å². The van der Waals surface area contributed by atoms with Crippen molar-refractivity contribution in [2.45, 2.75) is 26.7 Å². The molecule has 17 heavy (non-hydrogen) atoms. The van der Waals surface area contributed by atoms with Crippen LogP contribution in [0.3, 0.4) is 0 Å². The van der Waals surface area contributed by atoms with Crippen molar-refractivity contribution in [1.29, 1.82) is 0 Å². The van der Waals surface area contributed by atoms with Crippen LogP contribution in [-0.4, -0.2) is 11.6 Å². The maximum absolute atomic E-state index is 11.5. The zero-order chi connectivity index (χ0) is 12.4. The predicted octanol–water partition coefficient (Wildman–Crippen LogP) is 2.67. The summed E-state index contributed by atoms with van der Waals surface area (Å²) in [5.74, 6) is 0.276. The molecule has 0 amide bonds. The van der Waals surface area contributed by atoms with Gasteiger partial charge in [-0.05, 0) is 0 Å². The van der Waals surface area contributed by atoms with E-state index in [2.05, 4.69) is 0 Å². The Balaban J connectivity index is 2.23. The summed E-state index contributed by atoms with van der Waals surface area (Å²) < 4.78 is 2.48. The van der Waals surface area contributed by atoms with Crippen molar-refractivity contribution in [2.24, 2.45) is 0 Å². The van der Waals surface area contributed by atoms with E-state index in [1.165, 1.54) is 8.33 Å². The second-order valence-corrected chi connectivity index (χ2v) is 6.55. The Labute approximate surface area is 109 Å². The molecule has 2 nitrogen and oxygen atoms in total. The summed E-state index contributed by atoms with van der Waals surface area (Å²) in [5, 5.41) is 0. The third-order valence-electron chi connectivity index (χ3n) is 2.70. The second kappa shape index (κ2) is 5.05. The van der Waals surface area contributed by atoms with Crippen LogP contribution in [0.4, 0.5) is 0 Å². The SMILES string of the molecule is CC(=O)C1=[C]([Ru][C]2=C(C(C)=O)C=CC2)CC=C1. The van der Waals surface area contributed by atoms with E-state index >= 15 is 0 Å². The summed E-state index contributed by atoms with van der Waals surface area (Å²) in [6, 6.07) is 0. The molecule has 0 N–H and O–H groups in total. The van der Waals surface area contributed by atoms with Crippen molar-refractivity contribution >= 4 is 11.6 Å². The summed E-state index contributed by atoms with van der Waals surface area (Å²) >= 11 is -0.139. The molecule has 3 heteroatoms. The summed E-state index contributed by atoms with van der Waals surface area (Å²) in [5.41, 5.74) is 1.73. The number of ketones is 2. The number of allylic oxidation sites excluding steroid dienone is 8. The molecule has 2 aliphatic carbocycles. The topological polar surface area (TPSA) is 34.1 Å². The van der Waals surface area contributed by atoms with Gasteiger partial charge >= 0.3 is 109 Å². The average molecular weight is 315 g/mol. The molecule has 0 aromatic rings. The van der Waals surface area contributed by atoms with Gasteiger partial charge in [0, 0.05) is 0 Å². The molecule has 0 bridgehead atoms. The van der Waals surface area contributed by atoms with Crippen LogP contribution in [0.5, 0.6) is 0 Å². The molecule has 0 spiro atoms. The van der Waals surface area contributed by atoms with E-state index in [1.54, 1.807) is 13.8 Å². The molecular formula is C14H14O2Ru. The van der Waals surface area contributed by atoms with Gasteiger partial charge in [0.25, 0.3) is 0 Å². The number of rotatable bonds is 4. The normalized spacial score (nSPS) is 18.7. The average Bonchev–Trinajstić information content (AvgIpc) is 2.86. The standard InChI is InChI=1S/2C7H7O.Ru/c2*1-6(8)7-4-2-3-5-7;/h2*2,4H,3H2,1H3;. The third-order valence-corrected chi connectivity index (χ3v) is 5.39. The Kier molecular flexibility index (Phi) is 3.68. The van der Waals surface area contributed by atoms with Gasteiger partial charge in [0.2, 0.25) is 0 Å². The quantitative estimate of drug-likeness (QED) is 0.748. The summed E-state index contributed by atoms with van der Waals surface area (Å²) in [6.45, 7) is 3.22. The van der Waals surface area contributed by atoms with Gasteiger partial charge in [0.15, 0.2) is 0 Å². The number of carbonyl (C=O) groups is 2. The van der Waals surface area contributed by atoms with Crippen molar-refractivity contribution in [2.75, 3.05) is 0 Å². The third kappa shape index (κ3) is 2.61. The summed E-state index contributed by atoms with van der Waals surface area (Å²) in [6.07, 6.45) is 9.67. The molecule has 2 rings (SSSR count). The van der Waals surface area contributed by atoms with Crippen molar-refractivity contribution in [3.05, 3.63) is 43.8 Å². The van der Waals surface area contributed by atoms with Crippen LogP contribution in [0, 0.1) is 0 Å². The number of hydrogen-bond donors (Lipinski definition) is 0. The summed E-state index contributed by atoms with van der Waals surface area (Å²) in [7, 11) is 0. The van der Waals surface area contributed by atoms with Crippen LogP contribution in [0.1, 0.15) is 26.7 Å². The van der Waals surface area contributed by atoms with Gasteiger partial charge in [0.1, 0.15) is 0 Å². The molecule has 0 unspecified atom stereocenters. The first-order valence-corrected chi connectivity index (χ1v) is 7.27. The predicted molar refractivity (Wildman–Crippen MR) is 62.9 cm³/mol.